The molecule has 1 aliphatic carbocycles. The van der Waals surface area contributed by atoms with E-state index in [0.29, 0.717) is 16.9 Å². The van der Waals surface area contributed by atoms with Crippen LogP contribution >= 0.6 is 11.3 Å². The molecule has 0 amide bonds. The van der Waals surface area contributed by atoms with E-state index in [2.05, 4.69) is 17.9 Å². The van der Waals surface area contributed by atoms with Crippen LogP contribution in [0.1, 0.15) is 42.5 Å². The molecule has 1 atom stereocenters. The molecule has 2 heterocycles. The summed E-state index contributed by atoms with van der Waals surface area (Å²) in [4.78, 5) is 3.05. The number of nitrogen functional groups attached to an aromatic ring is 1. The van der Waals surface area contributed by atoms with Crippen molar-refractivity contribution >= 4 is 22.0 Å². The van der Waals surface area contributed by atoms with Crippen molar-refractivity contribution in [1.82, 2.24) is 0 Å². The molecule has 0 radical (unpaired) electrons. The van der Waals surface area contributed by atoms with Gasteiger partial charge in [0, 0.05) is 18.7 Å². The van der Waals surface area contributed by atoms with Crippen molar-refractivity contribution in [1.29, 1.82) is 5.26 Å². The second-order valence-corrected chi connectivity index (χ2v) is 6.30. The van der Waals surface area contributed by atoms with Crippen molar-refractivity contribution in [3.05, 3.63) is 10.4 Å². The predicted octanol–water partition coefficient (Wildman–Crippen LogP) is 2.69. The number of hydrogen-bond acceptors (Lipinski definition) is 5. The zero-order chi connectivity index (χ0) is 13.4. The van der Waals surface area contributed by atoms with E-state index in [1.807, 2.05) is 0 Å². The van der Waals surface area contributed by atoms with E-state index in [9.17, 15) is 5.26 Å². The van der Waals surface area contributed by atoms with E-state index in [4.69, 9.17) is 10.5 Å². The Bertz CT molecular complexity index is 515. The molecule has 1 saturated heterocycles. The van der Waals surface area contributed by atoms with Crippen molar-refractivity contribution < 1.29 is 4.74 Å². The van der Waals surface area contributed by atoms with Gasteiger partial charge in [0.2, 0.25) is 0 Å². The lowest BCUT2D eigenvalue weighted by Crippen LogP contribution is -2.42. The number of anilines is 2. The van der Waals surface area contributed by atoms with Crippen LogP contribution in [0, 0.1) is 11.3 Å². The number of morpholine rings is 1. The Morgan fingerprint density at radius 3 is 2.95 bits per heavy atom. The summed E-state index contributed by atoms with van der Waals surface area (Å²) in [5.74, 6) is 0.580. The second-order valence-electron chi connectivity index (χ2n) is 5.30. The molecule has 1 aliphatic heterocycles. The smallest absolute Gasteiger partial charge is 0.130 e. The molecule has 4 nitrogen and oxygen atoms in total. The van der Waals surface area contributed by atoms with Crippen LogP contribution in [0.2, 0.25) is 0 Å². The lowest BCUT2D eigenvalue weighted by molar-refractivity contribution is 0.0386. The van der Waals surface area contributed by atoms with Gasteiger partial charge < -0.3 is 15.4 Å². The van der Waals surface area contributed by atoms with Crippen LogP contribution in [0.5, 0.6) is 0 Å². The first-order chi connectivity index (χ1) is 9.24. The highest BCUT2D eigenvalue weighted by atomic mass is 32.1. The molecule has 3 rings (SSSR count). The molecule has 0 spiro atoms. The molecule has 0 aromatic carbocycles. The summed E-state index contributed by atoms with van der Waals surface area (Å²) < 4.78 is 5.72. The first-order valence-corrected chi connectivity index (χ1v) is 7.75. The maximum Gasteiger partial charge on any atom is 0.130 e. The van der Waals surface area contributed by atoms with E-state index < -0.39 is 0 Å². The van der Waals surface area contributed by atoms with Gasteiger partial charge >= 0.3 is 0 Å². The number of nitrogens with zero attached hydrogens (tertiary/aromatic N) is 2. The number of rotatable bonds is 3. The second kappa shape index (κ2) is 5.03. The highest BCUT2D eigenvalue weighted by Gasteiger charge is 2.34. The monoisotopic (exact) mass is 277 g/mol. The zero-order valence-corrected chi connectivity index (χ0v) is 12.0. The number of nitrogens with two attached hydrogens (primary N) is 1. The van der Waals surface area contributed by atoms with Crippen LogP contribution in [-0.4, -0.2) is 25.8 Å². The van der Waals surface area contributed by atoms with Gasteiger partial charge in [0.15, 0.2) is 0 Å². The third kappa shape index (κ3) is 2.31. The fourth-order valence-electron chi connectivity index (χ4n) is 2.68. The van der Waals surface area contributed by atoms with Gasteiger partial charge in [-0.2, -0.15) is 5.26 Å². The van der Waals surface area contributed by atoms with E-state index in [1.165, 1.54) is 23.4 Å². The largest absolute Gasteiger partial charge is 0.397 e. The quantitative estimate of drug-likeness (QED) is 0.922. The van der Waals surface area contributed by atoms with Gasteiger partial charge in [0.25, 0.3) is 0 Å². The Hall–Kier alpha value is -1.25. The van der Waals surface area contributed by atoms with E-state index in [0.717, 1.165) is 31.8 Å². The molecule has 1 unspecified atom stereocenters. The normalized spacial score (nSPS) is 23.4. The molecule has 102 valence electrons. The Kier molecular flexibility index (Phi) is 3.38. The minimum atomic E-state index is 0.301. The number of hydrogen-bond donors (Lipinski definition) is 1. The van der Waals surface area contributed by atoms with Crippen molar-refractivity contribution in [2.24, 2.45) is 0 Å². The molecule has 1 saturated carbocycles. The Morgan fingerprint density at radius 1 is 1.53 bits per heavy atom. The molecule has 1 aromatic heterocycles. The number of thiophene rings is 1. The molecular formula is C14H19N3OS. The zero-order valence-electron chi connectivity index (χ0n) is 11.2. The highest BCUT2D eigenvalue weighted by Crippen LogP contribution is 2.52. The van der Waals surface area contributed by atoms with Gasteiger partial charge in [0.05, 0.1) is 23.4 Å². The first kappa shape index (κ1) is 12.8. The van der Waals surface area contributed by atoms with Crippen LogP contribution in [-0.2, 0) is 4.74 Å². The molecule has 19 heavy (non-hydrogen) atoms. The van der Waals surface area contributed by atoms with E-state index >= 15 is 0 Å². The highest BCUT2D eigenvalue weighted by molar-refractivity contribution is 7.17. The Morgan fingerprint density at radius 2 is 2.32 bits per heavy atom. The molecule has 1 aromatic rings. The van der Waals surface area contributed by atoms with Crippen molar-refractivity contribution in [3.8, 4) is 6.07 Å². The summed E-state index contributed by atoms with van der Waals surface area (Å²) in [6, 6.07) is 2.24. The molecule has 5 heteroatoms. The summed E-state index contributed by atoms with van der Waals surface area (Å²) in [6.45, 7) is 4.74. The van der Waals surface area contributed by atoms with E-state index in [-0.39, 0.29) is 0 Å². The summed E-state index contributed by atoms with van der Waals surface area (Å²) in [5, 5.41) is 10.4. The number of ether oxygens (including phenoxy) is 1. The predicted molar refractivity (Wildman–Crippen MR) is 77.7 cm³/mol. The maximum absolute atomic E-state index is 9.19. The third-order valence-corrected chi connectivity index (χ3v) is 5.12. The van der Waals surface area contributed by atoms with Gasteiger partial charge in [-0.05, 0) is 25.2 Å². The number of nitriles is 1. The van der Waals surface area contributed by atoms with Crippen LogP contribution in [0.25, 0.3) is 0 Å². The average Bonchev–Trinajstić information content (AvgIpc) is 3.22. The molecule has 2 aliphatic rings. The van der Waals surface area contributed by atoms with Gasteiger partial charge in [-0.1, -0.05) is 6.92 Å². The van der Waals surface area contributed by atoms with Crippen molar-refractivity contribution in [2.75, 3.05) is 30.3 Å². The summed E-state index contributed by atoms with van der Waals surface area (Å²) in [7, 11) is 0. The SMILES string of the molecule is CCC1CN(c2sc(C#N)c(N)c2C2CC2)CCO1. The van der Waals surface area contributed by atoms with Gasteiger partial charge in [-0.3, -0.25) is 0 Å². The lowest BCUT2D eigenvalue weighted by atomic mass is 10.1. The molecular weight excluding hydrogens is 258 g/mol. The Balaban J connectivity index is 1.93. The minimum absolute atomic E-state index is 0.301. The van der Waals surface area contributed by atoms with Crippen molar-refractivity contribution in [2.45, 2.75) is 38.2 Å². The maximum atomic E-state index is 9.19. The van der Waals surface area contributed by atoms with Gasteiger partial charge in [-0.15, -0.1) is 11.3 Å². The van der Waals surface area contributed by atoms with E-state index in [1.54, 1.807) is 11.3 Å². The summed E-state index contributed by atoms with van der Waals surface area (Å²) in [5.41, 5.74) is 8.12. The molecule has 2 fully saturated rings. The molecule has 2 N–H and O–H groups in total. The summed E-state index contributed by atoms with van der Waals surface area (Å²) >= 11 is 1.56. The molecule has 0 bridgehead atoms. The van der Waals surface area contributed by atoms with Crippen LogP contribution in [0.4, 0.5) is 10.7 Å². The fourth-order valence-corrected chi connectivity index (χ4v) is 3.82. The lowest BCUT2D eigenvalue weighted by Gasteiger charge is -2.34. The third-order valence-electron chi connectivity index (χ3n) is 3.93. The van der Waals surface area contributed by atoms with Crippen LogP contribution < -0.4 is 10.6 Å². The standard InChI is InChI=1S/C14H19N3OS/c1-2-10-8-17(5-6-18-10)14-12(9-3-4-9)13(16)11(7-15)19-14/h9-10H,2-6,8,16H2,1H3. The first-order valence-electron chi connectivity index (χ1n) is 6.93. The average molecular weight is 277 g/mol. The van der Waals surface area contributed by atoms with Crippen molar-refractivity contribution in [3.63, 3.8) is 0 Å². The topological polar surface area (TPSA) is 62.3 Å². The minimum Gasteiger partial charge on any atom is -0.397 e. The van der Waals surface area contributed by atoms with Crippen LogP contribution in [0.15, 0.2) is 0 Å². The fraction of sp³-hybridized carbons (Fsp3) is 0.643. The Labute approximate surface area is 117 Å². The van der Waals surface area contributed by atoms with Gasteiger partial charge in [0.1, 0.15) is 10.9 Å². The summed E-state index contributed by atoms with van der Waals surface area (Å²) in [6.07, 6.45) is 3.75. The van der Waals surface area contributed by atoms with Gasteiger partial charge in [-0.25, -0.2) is 0 Å². The van der Waals surface area contributed by atoms with Crippen LogP contribution in [0.3, 0.4) is 0 Å².